The second kappa shape index (κ2) is 4.36. The molecule has 1 rings (SSSR count). The van der Waals surface area contributed by atoms with Gasteiger partial charge < -0.3 is 5.32 Å². The number of amides is 1. The van der Waals surface area contributed by atoms with Crippen molar-refractivity contribution < 1.29 is 18.0 Å². The van der Waals surface area contributed by atoms with Crippen LogP contribution in [0.25, 0.3) is 0 Å². The predicted octanol–water partition coefficient (Wildman–Crippen LogP) is 3.00. The van der Waals surface area contributed by atoms with Gasteiger partial charge in [-0.05, 0) is 22.0 Å². The van der Waals surface area contributed by atoms with Crippen LogP contribution in [0.4, 0.5) is 18.9 Å². The molecule has 1 N–H and O–H groups in total. The number of alkyl halides is 3. The van der Waals surface area contributed by atoms with E-state index in [4.69, 9.17) is 11.6 Å². The molecule has 0 aliphatic heterocycles. The fourth-order valence-corrected chi connectivity index (χ4v) is 1.14. The average Bonchev–Trinajstić information content (AvgIpc) is 2.10. The first-order chi connectivity index (χ1) is 6.80. The number of carbonyl (C=O) groups excluding carboxylic acids is 1. The van der Waals surface area contributed by atoms with Gasteiger partial charge in [0.25, 0.3) is 0 Å². The largest absolute Gasteiger partial charge is 0.471 e. The van der Waals surface area contributed by atoms with E-state index in [2.05, 4.69) is 20.9 Å². The number of carbonyl (C=O) groups is 1. The zero-order chi connectivity index (χ0) is 11.6. The van der Waals surface area contributed by atoms with Crippen LogP contribution in [0.3, 0.4) is 0 Å². The van der Waals surface area contributed by atoms with E-state index in [0.717, 1.165) is 6.20 Å². The number of pyridine rings is 1. The van der Waals surface area contributed by atoms with Gasteiger partial charge in [0.15, 0.2) is 0 Å². The molecule has 0 atom stereocenters. The fourth-order valence-electron chi connectivity index (χ4n) is 0.692. The molecule has 0 aromatic carbocycles. The summed E-state index contributed by atoms with van der Waals surface area (Å²) in [7, 11) is 0. The third-order valence-corrected chi connectivity index (χ3v) is 2.45. The molecule has 0 aliphatic rings. The molecule has 0 spiro atoms. The van der Waals surface area contributed by atoms with Crippen LogP contribution in [0.15, 0.2) is 16.7 Å². The number of halogens is 5. The molecule has 0 saturated carbocycles. The summed E-state index contributed by atoms with van der Waals surface area (Å²) < 4.78 is 35.8. The van der Waals surface area contributed by atoms with Crippen molar-refractivity contribution in [1.82, 2.24) is 4.98 Å². The van der Waals surface area contributed by atoms with Crippen LogP contribution in [0.1, 0.15) is 0 Å². The minimum atomic E-state index is -4.92. The molecule has 1 heterocycles. The predicted molar refractivity (Wildman–Crippen MR) is 51.6 cm³/mol. The third kappa shape index (κ3) is 3.35. The maximum absolute atomic E-state index is 11.8. The maximum atomic E-state index is 11.8. The lowest BCUT2D eigenvalue weighted by atomic mass is 10.4. The second-order valence-electron chi connectivity index (χ2n) is 2.45. The number of nitrogens with one attached hydrogen (secondary N) is 1. The Labute approximate surface area is 95.8 Å². The summed E-state index contributed by atoms with van der Waals surface area (Å²) in [6.45, 7) is 0. The molecular formula is C7H3BrClF3N2O. The van der Waals surface area contributed by atoms with Crippen molar-refractivity contribution >= 4 is 39.1 Å². The molecular weight excluding hydrogens is 300 g/mol. The Bertz CT molecular complexity index is 396. The van der Waals surface area contributed by atoms with E-state index in [-0.39, 0.29) is 10.8 Å². The van der Waals surface area contributed by atoms with E-state index < -0.39 is 12.1 Å². The van der Waals surface area contributed by atoms with Gasteiger partial charge in [-0.25, -0.2) is 4.98 Å². The number of anilines is 1. The molecule has 82 valence electrons. The van der Waals surface area contributed by atoms with Gasteiger partial charge in [0, 0.05) is 0 Å². The van der Waals surface area contributed by atoms with Gasteiger partial charge in [0.05, 0.1) is 16.4 Å². The molecule has 1 aromatic heterocycles. The summed E-state index contributed by atoms with van der Waals surface area (Å²) in [6.07, 6.45) is -3.90. The molecule has 0 fully saturated rings. The zero-order valence-electron chi connectivity index (χ0n) is 6.90. The third-order valence-electron chi connectivity index (χ3n) is 1.31. The van der Waals surface area contributed by atoms with E-state index >= 15 is 0 Å². The molecule has 1 amide bonds. The number of nitrogens with zero attached hydrogens (tertiary/aromatic N) is 1. The average molecular weight is 303 g/mol. The van der Waals surface area contributed by atoms with Crippen molar-refractivity contribution in [1.29, 1.82) is 0 Å². The Hall–Kier alpha value is -0.820. The van der Waals surface area contributed by atoms with E-state index in [1.54, 1.807) is 5.32 Å². The highest BCUT2D eigenvalue weighted by Gasteiger charge is 2.38. The highest BCUT2D eigenvalue weighted by atomic mass is 79.9. The smallest absolute Gasteiger partial charge is 0.317 e. The standard InChI is InChI=1S/C7H3BrClF3N2O/c8-4-1-3(2-13-5(4)9)14-6(15)7(10,11)12/h1-2H,(H,14,15). The van der Waals surface area contributed by atoms with Crippen LogP contribution in [0, 0.1) is 0 Å². The lowest BCUT2D eigenvalue weighted by Crippen LogP contribution is -2.29. The molecule has 1 aromatic rings. The topological polar surface area (TPSA) is 42.0 Å². The molecule has 3 nitrogen and oxygen atoms in total. The Morgan fingerprint density at radius 2 is 2.13 bits per heavy atom. The Kier molecular flexibility index (Phi) is 3.56. The summed E-state index contributed by atoms with van der Waals surface area (Å²) >= 11 is 8.47. The Balaban J connectivity index is 2.83. The normalized spacial score (nSPS) is 11.3. The quantitative estimate of drug-likeness (QED) is 0.810. The van der Waals surface area contributed by atoms with E-state index in [1.165, 1.54) is 6.07 Å². The molecule has 0 bridgehead atoms. The highest BCUT2D eigenvalue weighted by Crippen LogP contribution is 2.24. The summed E-state index contributed by atoms with van der Waals surface area (Å²) in [4.78, 5) is 14.1. The fraction of sp³-hybridized carbons (Fsp3) is 0.143. The first-order valence-electron chi connectivity index (χ1n) is 3.50. The molecule has 0 unspecified atom stereocenters. The number of hydrogen-bond acceptors (Lipinski definition) is 2. The SMILES string of the molecule is O=C(Nc1cnc(Cl)c(Br)c1)C(F)(F)F. The van der Waals surface area contributed by atoms with Gasteiger partial charge in [0.1, 0.15) is 5.15 Å². The van der Waals surface area contributed by atoms with E-state index in [1.807, 2.05) is 0 Å². The van der Waals surface area contributed by atoms with Gasteiger partial charge >= 0.3 is 12.1 Å². The van der Waals surface area contributed by atoms with Gasteiger partial charge in [0.2, 0.25) is 0 Å². The monoisotopic (exact) mass is 302 g/mol. The Morgan fingerprint density at radius 1 is 1.53 bits per heavy atom. The molecule has 0 aliphatic carbocycles. The van der Waals surface area contributed by atoms with Gasteiger partial charge in [-0.2, -0.15) is 13.2 Å². The number of aromatic nitrogens is 1. The van der Waals surface area contributed by atoms with Crippen molar-refractivity contribution in [3.63, 3.8) is 0 Å². The maximum Gasteiger partial charge on any atom is 0.471 e. The first-order valence-corrected chi connectivity index (χ1v) is 4.67. The summed E-state index contributed by atoms with van der Waals surface area (Å²) in [5, 5.41) is 1.73. The van der Waals surface area contributed by atoms with Crippen molar-refractivity contribution in [3.8, 4) is 0 Å². The minimum absolute atomic E-state index is 0.0893. The zero-order valence-corrected chi connectivity index (χ0v) is 9.24. The summed E-state index contributed by atoms with van der Waals surface area (Å²) in [5.41, 5.74) is -0.0893. The molecule has 0 saturated heterocycles. The van der Waals surface area contributed by atoms with Crippen LogP contribution < -0.4 is 5.32 Å². The van der Waals surface area contributed by atoms with Crippen LogP contribution in [0.5, 0.6) is 0 Å². The van der Waals surface area contributed by atoms with Crippen molar-refractivity contribution in [2.24, 2.45) is 0 Å². The van der Waals surface area contributed by atoms with Gasteiger partial charge in [-0.15, -0.1) is 0 Å². The van der Waals surface area contributed by atoms with Crippen molar-refractivity contribution in [2.45, 2.75) is 6.18 Å². The van der Waals surface area contributed by atoms with E-state index in [0.29, 0.717) is 4.47 Å². The lowest BCUT2D eigenvalue weighted by Gasteiger charge is -2.07. The highest BCUT2D eigenvalue weighted by molar-refractivity contribution is 9.10. The second-order valence-corrected chi connectivity index (χ2v) is 3.66. The molecule has 8 heteroatoms. The van der Waals surface area contributed by atoms with Gasteiger partial charge in [-0.1, -0.05) is 11.6 Å². The van der Waals surface area contributed by atoms with Crippen LogP contribution in [0.2, 0.25) is 5.15 Å². The number of rotatable bonds is 1. The van der Waals surface area contributed by atoms with Crippen molar-refractivity contribution in [2.75, 3.05) is 5.32 Å². The first kappa shape index (κ1) is 12.3. The molecule has 15 heavy (non-hydrogen) atoms. The van der Waals surface area contributed by atoms with E-state index in [9.17, 15) is 18.0 Å². The lowest BCUT2D eigenvalue weighted by molar-refractivity contribution is -0.167. The molecule has 0 radical (unpaired) electrons. The number of hydrogen-bond donors (Lipinski definition) is 1. The van der Waals surface area contributed by atoms with Gasteiger partial charge in [-0.3, -0.25) is 4.79 Å². The van der Waals surface area contributed by atoms with Crippen LogP contribution in [-0.4, -0.2) is 17.1 Å². The summed E-state index contributed by atoms with van der Waals surface area (Å²) in [5.74, 6) is -2.06. The van der Waals surface area contributed by atoms with Crippen molar-refractivity contribution in [3.05, 3.63) is 21.9 Å². The summed E-state index contributed by atoms with van der Waals surface area (Å²) in [6, 6.07) is 1.22. The Morgan fingerprint density at radius 3 is 2.60 bits per heavy atom. The van der Waals surface area contributed by atoms with Crippen LogP contribution >= 0.6 is 27.5 Å². The minimum Gasteiger partial charge on any atom is -0.317 e. The van der Waals surface area contributed by atoms with Crippen LogP contribution in [-0.2, 0) is 4.79 Å².